The molecule has 9 atom stereocenters. The third kappa shape index (κ3) is 2.21. The van der Waals surface area contributed by atoms with E-state index in [1.54, 1.807) is 0 Å². The van der Waals surface area contributed by atoms with Crippen LogP contribution in [0.3, 0.4) is 0 Å². The highest BCUT2D eigenvalue weighted by Gasteiger charge is 2.84. The molecule has 1 aromatic carbocycles. The SMILES string of the molecule is CN(C)C1CC23CCC4(O2)C(=CCC2(C)C(c5ccc6[nH]nc(N)c6c5)=CCC24)C2CC23C(O)C1O. The number of nitrogens with one attached hydrogen (secondary N) is 1. The lowest BCUT2D eigenvalue weighted by molar-refractivity contribution is -0.248. The minimum Gasteiger partial charge on any atom is -0.390 e. The lowest BCUT2D eigenvalue weighted by Gasteiger charge is -2.59. The summed E-state index contributed by atoms with van der Waals surface area (Å²) in [6.45, 7) is 2.42. The van der Waals surface area contributed by atoms with Gasteiger partial charge in [-0.05, 0) is 87.4 Å². The summed E-state index contributed by atoms with van der Waals surface area (Å²) < 4.78 is 7.43. The number of H-pyrrole nitrogens is 1. The fraction of sp³-hybridized carbons (Fsp3) is 0.621. The first kappa shape index (κ1) is 21.9. The predicted octanol–water partition coefficient (Wildman–Crippen LogP) is 3.25. The van der Waals surface area contributed by atoms with Gasteiger partial charge in [0, 0.05) is 28.2 Å². The van der Waals surface area contributed by atoms with Crippen LogP contribution >= 0.6 is 0 Å². The molecule has 5 N–H and O–H groups in total. The molecule has 3 spiro atoms. The van der Waals surface area contributed by atoms with Gasteiger partial charge in [0.1, 0.15) is 0 Å². The molecule has 1 aromatic heterocycles. The summed E-state index contributed by atoms with van der Waals surface area (Å²) in [5.41, 5.74) is 10.2. The van der Waals surface area contributed by atoms with Gasteiger partial charge in [-0.1, -0.05) is 25.1 Å². The van der Waals surface area contributed by atoms with Crippen LogP contribution in [0, 0.1) is 22.7 Å². The van der Waals surface area contributed by atoms with Crippen LogP contribution < -0.4 is 5.73 Å². The second-order valence-electron chi connectivity index (χ2n) is 13.0. The van der Waals surface area contributed by atoms with E-state index in [-0.39, 0.29) is 28.1 Å². The van der Waals surface area contributed by atoms with Crippen molar-refractivity contribution in [3.63, 3.8) is 0 Å². The number of aliphatic hydroxyl groups excluding tert-OH is 2. The minimum atomic E-state index is -0.738. The van der Waals surface area contributed by atoms with E-state index in [1.807, 2.05) is 14.1 Å². The van der Waals surface area contributed by atoms with Crippen LogP contribution in [0.1, 0.15) is 51.0 Å². The Kier molecular flexibility index (Phi) is 3.91. The third-order valence-corrected chi connectivity index (χ3v) is 11.6. The summed E-state index contributed by atoms with van der Waals surface area (Å²) >= 11 is 0. The van der Waals surface area contributed by atoms with Crippen molar-refractivity contribution < 1.29 is 14.9 Å². The van der Waals surface area contributed by atoms with Crippen molar-refractivity contribution in [1.82, 2.24) is 15.1 Å². The summed E-state index contributed by atoms with van der Waals surface area (Å²) in [7, 11) is 4.01. The number of fused-ring (bicyclic) bond motifs is 3. The van der Waals surface area contributed by atoms with E-state index in [0.717, 1.165) is 49.4 Å². The summed E-state index contributed by atoms with van der Waals surface area (Å²) in [5.74, 6) is 1.25. The van der Waals surface area contributed by atoms with Crippen LogP contribution in [0.15, 0.2) is 35.9 Å². The molecule has 2 saturated carbocycles. The van der Waals surface area contributed by atoms with Gasteiger partial charge in [0.15, 0.2) is 5.82 Å². The highest BCUT2D eigenvalue weighted by Crippen LogP contribution is 2.81. The first-order valence-electron chi connectivity index (χ1n) is 13.5. The second kappa shape index (κ2) is 6.44. The number of aromatic nitrogens is 2. The lowest BCUT2D eigenvalue weighted by Crippen LogP contribution is -2.67. The molecule has 190 valence electrons. The van der Waals surface area contributed by atoms with Gasteiger partial charge in [0.2, 0.25) is 0 Å². The number of nitrogens with two attached hydrogens (primary N) is 1. The molecule has 4 aliphatic carbocycles. The van der Waals surface area contributed by atoms with Gasteiger partial charge in [-0.15, -0.1) is 0 Å². The van der Waals surface area contributed by atoms with Crippen LogP contribution in [-0.2, 0) is 4.74 Å². The number of nitrogen functional groups attached to an aromatic ring is 1. The lowest BCUT2D eigenvalue weighted by atomic mass is 9.57. The number of allylic oxidation sites excluding steroid dienone is 3. The number of aliphatic hydroxyl groups is 2. The van der Waals surface area contributed by atoms with Gasteiger partial charge in [0.05, 0.1) is 28.9 Å². The molecule has 9 unspecified atom stereocenters. The van der Waals surface area contributed by atoms with Crippen molar-refractivity contribution in [1.29, 1.82) is 0 Å². The number of ether oxygens (including phenoxy) is 1. The molecule has 0 amide bonds. The maximum atomic E-state index is 11.5. The normalized spacial score (nSPS) is 48.2. The molecular weight excluding hydrogens is 452 g/mol. The summed E-state index contributed by atoms with van der Waals surface area (Å²) in [4.78, 5) is 2.07. The van der Waals surface area contributed by atoms with Crippen LogP contribution in [-0.4, -0.2) is 68.9 Å². The van der Waals surface area contributed by atoms with E-state index in [9.17, 15) is 10.2 Å². The Bertz CT molecular complexity index is 1380. The van der Waals surface area contributed by atoms with E-state index in [1.165, 1.54) is 16.7 Å². The molecule has 2 bridgehead atoms. The predicted molar refractivity (Wildman–Crippen MR) is 138 cm³/mol. The molecule has 0 radical (unpaired) electrons. The number of hydrogen-bond acceptors (Lipinski definition) is 6. The zero-order valence-electron chi connectivity index (χ0n) is 21.3. The average molecular weight is 489 g/mol. The van der Waals surface area contributed by atoms with Gasteiger partial charge >= 0.3 is 0 Å². The Hall–Kier alpha value is -2.19. The molecular formula is C29H36N4O3. The Balaban J connectivity index is 1.21. The third-order valence-electron chi connectivity index (χ3n) is 11.6. The van der Waals surface area contributed by atoms with Gasteiger partial charge in [-0.2, -0.15) is 5.10 Å². The maximum Gasteiger partial charge on any atom is 0.153 e. The van der Waals surface area contributed by atoms with Gasteiger partial charge in [0.25, 0.3) is 0 Å². The quantitative estimate of drug-likeness (QED) is 0.484. The first-order valence-corrected chi connectivity index (χ1v) is 13.5. The monoisotopic (exact) mass is 488 g/mol. The highest BCUT2D eigenvalue weighted by molar-refractivity contribution is 5.92. The van der Waals surface area contributed by atoms with Crippen molar-refractivity contribution in [2.24, 2.45) is 22.7 Å². The first-order chi connectivity index (χ1) is 17.2. The molecule has 7 heteroatoms. The van der Waals surface area contributed by atoms with Crippen molar-refractivity contribution >= 4 is 22.3 Å². The molecule has 2 aliphatic heterocycles. The average Bonchev–Trinajstić information content (AvgIpc) is 3.16. The Morgan fingerprint density at radius 2 is 2.00 bits per heavy atom. The number of rotatable bonds is 2. The number of anilines is 1. The zero-order valence-corrected chi connectivity index (χ0v) is 21.3. The van der Waals surface area contributed by atoms with Crippen molar-refractivity contribution in [2.75, 3.05) is 19.8 Å². The number of likely N-dealkylation sites (N-methyl/N-ethyl adjacent to an activating group) is 1. The number of hydrogen-bond donors (Lipinski definition) is 4. The summed E-state index contributed by atoms with van der Waals surface area (Å²) in [5, 5.41) is 30.8. The molecule has 4 fully saturated rings. The fourth-order valence-corrected chi connectivity index (χ4v) is 9.83. The second-order valence-corrected chi connectivity index (χ2v) is 13.0. The number of nitrogens with zero attached hydrogens (tertiary/aromatic N) is 2. The van der Waals surface area contributed by atoms with Crippen LogP contribution in [0.4, 0.5) is 5.82 Å². The topological polar surface area (TPSA) is 108 Å². The molecule has 36 heavy (non-hydrogen) atoms. The summed E-state index contributed by atoms with van der Waals surface area (Å²) in [6, 6.07) is 6.38. The van der Waals surface area contributed by atoms with Crippen molar-refractivity contribution in [2.45, 2.75) is 74.9 Å². The minimum absolute atomic E-state index is 0.0240. The van der Waals surface area contributed by atoms with Crippen molar-refractivity contribution in [3.8, 4) is 0 Å². The van der Waals surface area contributed by atoms with Gasteiger partial charge in [-0.3, -0.25) is 5.10 Å². The number of aromatic amines is 1. The smallest absolute Gasteiger partial charge is 0.153 e. The largest absolute Gasteiger partial charge is 0.390 e. The Morgan fingerprint density at radius 1 is 1.17 bits per heavy atom. The van der Waals surface area contributed by atoms with Crippen molar-refractivity contribution in [3.05, 3.63) is 41.5 Å². The van der Waals surface area contributed by atoms with E-state index >= 15 is 0 Å². The molecule has 8 rings (SSSR count). The molecule has 7 nitrogen and oxygen atoms in total. The maximum absolute atomic E-state index is 11.5. The Morgan fingerprint density at radius 3 is 2.81 bits per heavy atom. The van der Waals surface area contributed by atoms with E-state index in [0.29, 0.717) is 17.7 Å². The fourth-order valence-electron chi connectivity index (χ4n) is 9.83. The van der Waals surface area contributed by atoms with E-state index < -0.39 is 12.2 Å². The zero-order chi connectivity index (χ0) is 24.8. The molecule has 2 aromatic rings. The molecule has 6 aliphatic rings. The Labute approximate surface area is 211 Å². The standard InChI is InChI=1S/C29H36N4O3/c1-26-9-8-18-19-13-28(19)24(35)23(34)21(33(2)3)14-27(28)10-11-29(18,36-27)22(26)7-5-17(26)15-4-6-20-16(12-15)25(30)32-31-20/h4-6,8,12,19,21-24,34-35H,7,9-11,13-14H2,1-3H3,(H3,30,31,32). The van der Waals surface area contributed by atoms with Gasteiger partial charge < -0.3 is 25.6 Å². The highest BCUT2D eigenvalue weighted by atomic mass is 16.5. The molecule has 3 heterocycles. The van der Waals surface area contributed by atoms with Gasteiger partial charge in [-0.25, -0.2) is 0 Å². The molecule has 2 saturated heterocycles. The van der Waals surface area contributed by atoms with Crippen LogP contribution in [0.2, 0.25) is 0 Å². The van der Waals surface area contributed by atoms with Crippen LogP contribution in [0.5, 0.6) is 0 Å². The summed E-state index contributed by atoms with van der Waals surface area (Å²) in [6.07, 6.45) is 9.13. The van der Waals surface area contributed by atoms with Crippen LogP contribution in [0.25, 0.3) is 16.5 Å². The number of benzene rings is 1. The van der Waals surface area contributed by atoms with E-state index in [2.05, 4.69) is 52.4 Å². The van der Waals surface area contributed by atoms with E-state index in [4.69, 9.17) is 10.5 Å².